The van der Waals surface area contributed by atoms with E-state index in [0.717, 1.165) is 5.69 Å². The lowest BCUT2D eigenvalue weighted by Gasteiger charge is -2.05. The molecule has 2 heteroatoms. The summed E-state index contributed by atoms with van der Waals surface area (Å²) in [6, 6.07) is 8.25. The maximum atomic E-state index is 4.37. The summed E-state index contributed by atoms with van der Waals surface area (Å²) < 4.78 is 0. The monoisotopic (exact) mass is 203 g/mol. The molecule has 0 aliphatic rings. The Morgan fingerprint density at radius 2 is 2.07 bits per heavy atom. The smallest absolute Gasteiger partial charge is 0.0804 e. The maximum absolute atomic E-state index is 4.37. The van der Waals surface area contributed by atoms with Gasteiger partial charge in [-0.2, -0.15) is 0 Å². The van der Waals surface area contributed by atoms with Crippen LogP contribution in [0, 0.1) is 0 Å². The second-order valence-electron chi connectivity index (χ2n) is 3.57. The van der Waals surface area contributed by atoms with E-state index in [2.05, 4.69) is 36.3 Å². The van der Waals surface area contributed by atoms with E-state index in [0.29, 0.717) is 5.92 Å². The summed E-state index contributed by atoms with van der Waals surface area (Å²) in [4.78, 5) is 5.68. The van der Waals surface area contributed by atoms with Gasteiger partial charge in [-0.25, -0.2) is 0 Å². The molecule has 0 saturated carbocycles. The van der Waals surface area contributed by atoms with Crippen LogP contribution in [0.15, 0.2) is 35.8 Å². The Labute approximate surface area is 88.4 Å². The van der Waals surface area contributed by atoms with Crippen molar-refractivity contribution in [2.75, 3.05) is 0 Å². The second kappa shape index (κ2) is 3.93. The molecule has 2 heterocycles. The molecule has 0 unspecified atom stereocenters. The normalized spacial score (nSPS) is 10.8. The van der Waals surface area contributed by atoms with E-state index < -0.39 is 0 Å². The SMILES string of the molecule is CC(C)c1ccsc1-c1ccccn1. The fraction of sp³-hybridized carbons (Fsp3) is 0.250. The van der Waals surface area contributed by atoms with Crippen LogP contribution in [0.5, 0.6) is 0 Å². The Morgan fingerprint density at radius 3 is 2.71 bits per heavy atom. The van der Waals surface area contributed by atoms with E-state index in [1.807, 2.05) is 18.3 Å². The van der Waals surface area contributed by atoms with E-state index in [1.165, 1.54) is 10.4 Å². The molecule has 0 aliphatic carbocycles. The van der Waals surface area contributed by atoms with Gasteiger partial charge in [0.15, 0.2) is 0 Å². The molecule has 14 heavy (non-hydrogen) atoms. The lowest BCUT2D eigenvalue weighted by molar-refractivity contribution is 0.873. The van der Waals surface area contributed by atoms with Crippen molar-refractivity contribution in [1.29, 1.82) is 0 Å². The third-order valence-corrected chi connectivity index (χ3v) is 3.17. The molecule has 2 aromatic rings. The highest BCUT2D eigenvalue weighted by Crippen LogP contribution is 2.32. The third kappa shape index (κ3) is 1.70. The first-order valence-electron chi connectivity index (χ1n) is 4.78. The molecule has 0 radical (unpaired) electrons. The summed E-state index contributed by atoms with van der Waals surface area (Å²) in [7, 11) is 0. The maximum Gasteiger partial charge on any atom is 0.0804 e. The molecule has 72 valence electrons. The lowest BCUT2D eigenvalue weighted by atomic mass is 10.0. The summed E-state index contributed by atoms with van der Waals surface area (Å²) in [5.74, 6) is 0.568. The van der Waals surface area contributed by atoms with Crippen LogP contribution in [0.3, 0.4) is 0 Å². The van der Waals surface area contributed by atoms with Gasteiger partial charge < -0.3 is 0 Å². The average Bonchev–Trinajstić information content (AvgIpc) is 2.67. The van der Waals surface area contributed by atoms with Crippen molar-refractivity contribution in [3.63, 3.8) is 0 Å². The zero-order valence-corrected chi connectivity index (χ0v) is 9.21. The molecule has 1 nitrogen and oxygen atoms in total. The zero-order chi connectivity index (χ0) is 9.97. The summed E-state index contributed by atoms with van der Waals surface area (Å²) in [6.45, 7) is 4.43. The van der Waals surface area contributed by atoms with Crippen LogP contribution in [-0.2, 0) is 0 Å². The molecule has 0 fully saturated rings. The highest BCUT2D eigenvalue weighted by atomic mass is 32.1. The molecule has 0 bridgehead atoms. The van der Waals surface area contributed by atoms with Gasteiger partial charge in [0.1, 0.15) is 0 Å². The first-order chi connectivity index (χ1) is 6.79. The molecular weight excluding hydrogens is 190 g/mol. The topological polar surface area (TPSA) is 12.9 Å². The van der Waals surface area contributed by atoms with Gasteiger partial charge >= 0.3 is 0 Å². The zero-order valence-electron chi connectivity index (χ0n) is 8.40. The third-order valence-electron chi connectivity index (χ3n) is 2.22. The van der Waals surface area contributed by atoms with Crippen LogP contribution in [0.2, 0.25) is 0 Å². The van der Waals surface area contributed by atoms with Gasteiger partial charge in [-0.1, -0.05) is 19.9 Å². The van der Waals surface area contributed by atoms with Gasteiger partial charge in [0.2, 0.25) is 0 Å². The Balaban J connectivity index is 2.47. The van der Waals surface area contributed by atoms with Crippen LogP contribution in [0.1, 0.15) is 25.3 Å². The minimum Gasteiger partial charge on any atom is -0.255 e. The van der Waals surface area contributed by atoms with Gasteiger partial charge in [-0.15, -0.1) is 11.3 Å². The minimum absolute atomic E-state index is 0.568. The van der Waals surface area contributed by atoms with Gasteiger partial charge in [0.25, 0.3) is 0 Å². The Hall–Kier alpha value is -1.15. The fourth-order valence-electron chi connectivity index (χ4n) is 1.48. The molecule has 2 aromatic heterocycles. The lowest BCUT2D eigenvalue weighted by Crippen LogP contribution is -1.88. The van der Waals surface area contributed by atoms with Crippen molar-refractivity contribution < 1.29 is 0 Å². The quantitative estimate of drug-likeness (QED) is 0.720. The Morgan fingerprint density at radius 1 is 1.21 bits per heavy atom. The molecular formula is C12H13NS. The minimum atomic E-state index is 0.568. The van der Waals surface area contributed by atoms with Crippen molar-refractivity contribution in [2.45, 2.75) is 19.8 Å². The second-order valence-corrected chi connectivity index (χ2v) is 4.49. The first kappa shape index (κ1) is 9.41. The number of hydrogen-bond acceptors (Lipinski definition) is 2. The number of pyridine rings is 1. The van der Waals surface area contributed by atoms with Crippen molar-refractivity contribution >= 4 is 11.3 Å². The molecule has 0 aliphatic heterocycles. The average molecular weight is 203 g/mol. The Bertz CT molecular complexity index is 403. The van der Waals surface area contributed by atoms with Crippen LogP contribution in [0.4, 0.5) is 0 Å². The van der Waals surface area contributed by atoms with Crippen molar-refractivity contribution in [1.82, 2.24) is 4.98 Å². The predicted octanol–water partition coefficient (Wildman–Crippen LogP) is 3.93. The van der Waals surface area contributed by atoms with Crippen LogP contribution >= 0.6 is 11.3 Å². The molecule has 0 saturated heterocycles. The van der Waals surface area contributed by atoms with Gasteiger partial charge in [-0.05, 0) is 35.1 Å². The number of rotatable bonds is 2. The van der Waals surface area contributed by atoms with E-state index in [-0.39, 0.29) is 0 Å². The van der Waals surface area contributed by atoms with Gasteiger partial charge in [-0.3, -0.25) is 4.98 Å². The van der Waals surface area contributed by atoms with E-state index >= 15 is 0 Å². The first-order valence-corrected chi connectivity index (χ1v) is 5.66. The van der Waals surface area contributed by atoms with E-state index in [4.69, 9.17) is 0 Å². The molecule has 0 N–H and O–H groups in total. The molecule has 0 amide bonds. The predicted molar refractivity (Wildman–Crippen MR) is 61.6 cm³/mol. The van der Waals surface area contributed by atoms with Gasteiger partial charge in [0.05, 0.1) is 10.6 Å². The molecule has 0 atom stereocenters. The van der Waals surface area contributed by atoms with Crippen LogP contribution in [0.25, 0.3) is 10.6 Å². The highest BCUT2D eigenvalue weighted by Gasteiger charge is 2.09. The summed E-state index contributed by atoms with van der Waals surface area (Å²) in [5.41, 5.74) is 2.49. The fourth-order valence-corrected chi connectivity index (χ4v) is 2.51. The van der Waals surface area contributed by atoms with Gasteiger partial charge in [0, 0.05) is 6.20 Å². The van der Waals surface area contributed by atoms with Crippen molar-refractivity contribution in [3.05, 3.63) is 41.4 Å². The highest BCUT2D eigenvalue weighted by molar-refractivity contribution is 7.13. The van der Waals surface area contributed by atoms with Crippen LogP contribution < -0.4 is 0 Å². The standard InChI is InChI=1S/C12H13NS/c1-9(2)10-6-8-14-12(10)11-5-3-4-7-13-11/h3-9H,1-2H3. The summed E-state index contributed by atoms with van der Waals surface area (Å²) in [6.07, 6.45) is 1.85. The molecule has 0 aromatic carbocycles. The van der Waals surface area contributed by atoms with Crippen molar-refractivity contribution in [3.8, 4) is 10.6 Å². The molecule has 0 spiro atoms. The largest absolute Gasteiger partial charge is 0.255 e. The van der Waals surface area contributed by atoms with E-state index in [9.17, 15) is 0 Å². The Kier molecular flexibility index (Phi) is 2.64. The summed E-state index contributed by atoms with van der Waals surface area (Å²) >= 11 is 1.77. The van der Waals surface area contributed by atoms with Crippen molar-refractivity contribution in [2.24, 2.45) is 0 Å². The van der Waals surface area contributed by atoms with Crippen LogP contribution in [-0.4, -0.2) is 4.98 Å². The molecule has 2 rings (SSSR count). The number of aromatic nitrogens is 1. The number of hydrogen-bond donors (Lipinski definition) is 0. The van der Waals surface area contributed by atoms with E-state index in [1.54, 1.807) is 11.3 Å². The summed E-state index contributed by atoms with van der Waals surface area (Å²) in [5, 5.41) is 2.14. The number of nitrogens with zero attached hydrogens (tertiary/aromatic N) is 1. The number of thiophene rings is 1.